The fourth-order valence-electron chi connectivity index (χ4n) is 2.85. The Bertz CT molecular complexity index is 617. The van der Waals surface area contributed by atoms with E-state index in [0.717, 1.165) is 29.3 Å². The third kappa shape index (κ3) is 3.25. The summed E-state index contributed by atoms with van der Waals surface area (Å²) in [5.41, 5.74) is 10.6. The Labute approximate surface area is 123 Å². The SMILES string of the molecule is NC(Cc1c[nH]c2ccccc12)C(=O)NOC1CCCC1. The van der Waals surface area contributed by atoms with Crippen molar-refractivity contribution < 1.29 is 9.63 Å². The second kappa shape index (κ2) is 6.28. The lowest BCUT2D eigenvalue weighted by molar-refractivity contribution is -0.139. The summed E-state index contributed by atoms with van der Waals surface area (Å²) in [5.74, 6) is -0.257. The number of para-hydroxylation sites is 1. The van der Waals surface area contributed by atoms with Gasteiger partial charge in [-0.1, -0.05) is 31.0 Å². The molecule has 2 aromatic rings. The lowest BCUT2D eigenvalue weighted by Gasteiger charge is -2.15. The van der Waals surface area contributed by atoms with E-state index in [4.69, 9.17) is 10.6 Å². The van der Waals surface area contributed by atoms with Crippen molar-refractivity contribution >= 4 is 16.8 Å². The molecule has 5 heteroatoms. The zero-order valence-electron chi connectivity index (χ0n) is 12.0. The smallest absolute Gasteiger partial charge is 0.260 e. The molecular weight excluding hydrogens is 266 g/mol. The van der Waals surface area contributed by atoms with Crippen LogP contribution in [0.1, 0.15) is 31.2 Å². The number of aromatic amines is 1. The number of hydrogen-bond acceptors (Lipinski definition) is 3. The van der Waals surface area contributed by atoms with Gasteiger partial charge in [0, 0.05) is 17.1 Å². The summed E-state index contributed by atoms with van der Waals surface area (Å²) >= 11 is 0. The van der Waals surface area contributed by atoms with Gasteiger partial charge in [0.1, 0.15) is 0 Å². The Morgan fingerprint density at radius 3 is 2.95 bits per heavy atom. The molecule has 0 spiro atoms. The van der Waals surface area contributed by atoms with Gasteiger partial charge >= 0.3 is 0 Å². The molecular formula is C16H21N3O2. The van der Waals surface area contributed by atoms with E-state index in [2.05, 4.69) is 10.5 Å². The predicted octanol–water partition coefficient (Wildman–Crippen LogP) is 2.03. The number of amides is 1. The van der Waals surface area contributed by atoms with E-state index in [0.29, 0.717) is 6.42 Å². The first kappa shape index (κ1) is 14.1. The average molecular weight is 287 g/mol. The van der Waals surface area contributed by atoms with E-state index in [1.807, 2.05) is 30.5 Å². The highest BCUT2D eigenvalue weighted by Crippen LogP contribution is 2.20. The number of carbonyl (C=O) groups excluding carboxylic acids is 1. The van der Waals surface area contributed by atoms with E-state index >= 15 is 0 Å². The molecule has 1 unspecified atom stereocenters. The lowest BCUT2D eigenvalue weighted by Crippen LogP contribution is -2.43. The minimum atomic E-state index is -0.606. The molecule has 0 radical (unpaired) electrons. The van der Waals surface area contributed by atoms with Gasteiger partial charge in [-0.2, -0.15) is 0 Å². The molecule has 4 N–H and O–H groups in total. The summed E-state index contributed by atoms with van der Waals surface area (Å²) in [6.07, 6.45) is 6.91. The maximum Gasteiger partial charge on any atom is 0.260 e. The van der Waals surface area contributed by atoms with Crippen LogP contribution < -0.4 is 11.2 Å². The molecule has 1 fully saturated rings. The number of aromatic nitrogens is 1. The van der Waals surface area contributed by atoms with Gasteiger partial charge in [-0.3, -0.25) is 9.63 Å². The largest absolute Gasteiger partial charge is 0.361 e. The van der Waals surface area contributed by atoms with E-state index in [-0.39, 0.29) is 12.0 Å². The van der Waals surface area contributed by atoms with Gasteiger partial charge in [0.05, 0.1) is 12.1 Å². The Kier molecular flexibility index (Phi) is 4.22. The van der Waals surface area contributed by atoms with Gasteiger partial charge in [0.15, 0.2) is 0 Å². The molecule has 1 heterocycles. The quantitative estimate of drug-likeness (QED) is 0.736. The first-order valence-corrected chi connectivity index (χ1v) is 7.50. The number of carbonyl (C=O) groups is 1. The van der Waals surface area contributed by atoms with Crippen LogP contribution in [0.4, 0.5) is 0 Å². The molecule has 1 aromatic heterocycles. The van der Waals surface area contributed by atoms with Crippen LogP contribution in [-0.4, -0.2) is 23.0 Å². The predicted molar refractivity (Wildman–Crippen MR) is 81.5 cm³/mol. The number of hydroxylamine groups is 1. The number of fused-ring (bicyclic) bond motifs is 1. The van der Waals surface area contributed by atoms with Crippen LogP contribution in [-0.2, 0) is 16.1 Å². The third-order valence-corrected chi connectivity index (χ3v) is 4.08. The van der Waals surface area contributed by atoms with Gasteiger partial charge in [0.25, 0.3) is 5.91 Å². The van der Waals surface area contributed by atoms with Crippen LogP contribution >= 0.6 is 0 Å². The molecule has 0 bridgehead atoms. The number of nitrogens with one attached hydrogen (secondary N) is 2. The van der Waals surface area contributed by atoms with Crippen molar-refractivity contribution in [2.24, 2.45) is 5.73 Å². The summed E-state index contributed by atoms with van der Waals surface area (Å²) in [6, 6.07) is 7.39. The van der Waals surface area contributed by atoms with Crippen LogP contribution in [0.25, 0.3) is 10.9 Å². The second-order valence-corrected chi connectivity index (χ2v) is 5.66. The van der Waals surface area contributed by atoms with Gasteiger partial charge in [-0.05, 0) is 30.9 Å². The lowest BCUT2D eigenvalue weighted by atomic mass is 10.1. The zero-order valence-corrected chi connectivity index (χ0v) is 12.0. The molecule has 1 saturated carbocycles. The Balaban J connectivity index is 1.57. The van der Waals surface area contributed by atoms with Gasteiger partial charge in [-0.15, -0.1) is 0 Å². The van der Waals surface area contributed by atoms with Crippen LogP contribution in [0, 0.1) is 0 Å². The van der Waals surface area contributed by atoms with E-state index in [1.54, 1.807) is 0 Å². The van der Waals surface area contributed by atoms with E-state index < -0.39 is 6.04 Å². The highest BCUT2D eigenvalue weighted by molar-refractivity contribution is 5.85. The van der Waals surface area contributed by atoms with E-state index in [9.17, 15) is 4.79 Å². The molecule has 0 aliphatic heterocycles. The number of H-pyrrole nitrogens is 1. The minimum Gasteiger partial charge on any atom is -0.361 e. The minimum absolute atomic E-state index is 0.147. The monoisotopic (exact) mass is 287 g/mol. The highest BCUT2D eigenvalue weighted by atomic mass is 16.7. The Hall–Kier alpha value is -1.85. The Morgan fingerprint density at radius 2 is 2.14 bits per heavy atom. The molecule has 1 atom stereocenters. The van der Waals surface area contributed by atoms with Gasteiger partial charge in [-0.25, -0.2) is 5.48 Å². The van der Waals surface area contributed by atoms with Crippen molar-refractivity contribution in [3.05, 3.63) is 36.0 Å². The topological polar surface area (TPSA) is 80.1 Å². The molecule has 1 amide bonds. The van der Waals surface area contributed by atoms with Crippen LogP contribution in [0.2, 0.25) is 0 Å². The molecule has 3 rings (SSSR count). The normalized spacial score (nSPS) is 17.2. The van der Waals surface area contributed by atoms with Crippen molar-refractivity contribution in [1.29, 1.82) is 0 Å². The molecule has 5 nitrogen and oxygen atoms in total. The number of nitrogens with two attached hydrogens (primary N) is 1. The fraction of sp³-hybridized carbons (Fsp3) is 0.438. The highest BCUT2D eigenvalue weighted by Gasteiger charge is 2.20. The fourth-order valence-corrected chi connectivity index (χ4v) is 2.85. The summed E-state index contributed by atoms with van der Waals surface area (Å²) in [5, 5.41) is 1.11. The first-order chi connectivity index (χ1) is 10.2. The molecule has 112 valence electrons. The summed E-state index contributed by atoms with van der Waals surface area (Å²) in [6.45, 7) is 0. The summed E-state index contributed by atoms with van der Waals surface area (Å²) in [4.78, 5) is 20.6. The molecule has 21 heavy (non-hydrogen) atoms. The number of rotatable bonds is 5. The molecule has 1 aliphatic carbocycles. The van der Waals surface area contributed by atoms with Gasteiger partial charge in [0.2, 0.25) is 0 Å². The third-order valence-electron chi connectivity index (χ3n) is 4.08. The van der Waals surface area contributed by atoms with Crippen LogP contribution in [0.5, 0.6) is 0 Å². The first-order valence-electron chi connectivity index (χ1n) is 7.50. The Morgan fingerprint density at radius 1 is 1.38 bits per heavy atom. The van der Waals surface area contributed by atoms with E-state index in [1.165, 1.54) is 12.8 Å². The molecule has 1 aromatic carbocycles. The van der Waals surface area contributed by atoms with Crippen molar-refractivity contribution in [3.8, 4) is 0 Å². The summed E-state index contributed by atoms with van der Waals surface area (Å²) < 4.78 is 0. The maximum atomic E-state index is 12.0. The zero-order chi connectivity index (χ0) is 14.7. The number of hydrogen-bond donors (Lipinski definition) is 3. The van der Waals surface area contributed by atoms with Crippen molar-refractivity contribution in [1.82, 2.24) is 10.5 Å². The van der Waals surface area contributed by atoms with Crippen molar-refractivity contribution in [2.75, 3.05) is 0 Å². The van der Waals surface area contributed by atoms with Crippen LogP contribution in [0.3, 0.4) is 0 Å². The second-order valence-electron chi connectivity index (χ2n) is 5.66. The van der Waals surface area contributed by atoms with Crippen molar-refractivity contribution in [2.45, 2.75) is 44.2 Å². The standard InChI is InChI=1S/C16H21N3O2/c17-14(16(20)19-21-12-5-1-2-6-12)9-11-10-18-15-8-4-3-7-13(11)15/h3-4,7-8,10,12,14,18H,1-2,5-6,9,17H2,(H,19,20). The molecule has 1 aliphatic rings. The number of benzene rings is 1. The molecule has 0 saturated heterocycles. The van der Waals surface area contributed by atoms with Gasteiger partial charge < -0.3 is 10.7 Å². The summed E-state index contributed by atoms with van der Waals surface area (Å²) in [7, 11) is 0. The van der Waals surface area contributed by atoms with Crippen molar-refractivity contribution in [3.63, 3.8) is 0 Å². The van der Waals surface area contributed by atoms with Crippen LogP contribution in [0.15, 0.2) is 30.5 Å². The maximum absolute atomic E-state index is 12.0. The average Bonchev–Trinajstić information content (AvgIpc) is 3.15.